The molecule has 2 heterocycles. The van der Waals surface area contributed by atoms with Crippen molar-refractivity contribution >= 4 is 22.8 Å². The van der Waals surface area contributed by atoms with Crippen molar-refractivity contribution < 1.29 is 18.7 Å². The monoisotopic (exact) mass is 408 g/mol. The van der Waals surface area contributed by atoms with Gasteiger partial charge in [0.25, 0.3) is 0 Å². The molecule has 1 atom stereocenters. The summed E-state index contributed by atoms with van der Waals surface area (Å²) in [6.45, 7) is 7.14. The Morgan fingerprint density at radius 2 is 2.07 bits per heavy atom. The number of benzene rings is 1. The zero-order chi connectivity index (χ0) is 21.3. The Morgan fingerprint density at radius 1 is 1.27 bits per heavy atom. The van der Waals surface area contributed by atoms with E-state index < -0.39 is 5.97 Å². The topological polar surface area (TPSA) is 73.6 Å². The van der Waals surface area contributed by atoms with Gasteiger partial charge < -0.3 is 19.2 Å². The number of aromatic nitrogens is 1. The lowest BCUT2D eigenvalue weighted by atomic mass is 9.98. The van der Waals surface area contributed by atoms with Gasteiger partial charge in [-0.25, -0.2) is 9.78 Å². The maximum Gasteiger partial charge on any atom is 0.339 e. The zero-order valence-corrected chi connectivity index (χ0v) is 17.9. The van der Waals surface area contributed by atoms with Crippen LogP contribution < -0.4 is 10.1 Å². The minimum Gasteiger partial charge on any atom is -0.493 e. The first-order chi connectivity index (χ1) is 14.5. The van der Waals surface area contributed by atoms with Crippen molar-refractivity contribution in [3.05, 3.63) is 53.4 Å². The number of pyridine rings is 1. The summed E-state index contributed by atoms with van der Waals surface area (Å²) in [7, 11) is 1.36. The summed E-state index contributed by atoms with van der Waals surface area (Å²) in [6.07, 6.45) is 4.06. The number of ether oxygens (including phenoxy) is 2. The van der Waals surface area contributed by atoms with Crippen LogP contribution in [0.25, 0.3) is 11.0 Å². The first-order valence-corrected chi connectivity index (χ1v) is 10.4. The van der Waals surface area contributed by atoms with Gasteiger partial charge in [-0.1, -0.05) is 13.8 Å². The molecule has 0 saturated heterocycles. The van der Waals surface area contributed by atoms with Crippen molar-refractivity contribution in [2.75, 3.05) is 19.0 Å². The van der Waals surface area contributed by atoms with E-state index >= 15 is 0 Å². The molecule has 1 unspecified atom stereocenters. The minimum absolute atomic E-state index is 0.0651. The molecule has 0 radical (unpaired) electrons. The van der Waals surface area contributed by atoms with Crippen LogP contribution in [0.15, 0.2) is 40.9 Å². The van der Waals surface area contributed by atoms with Crippen LogP contribution in [0.3, 0.4) is 0 Å². The molecule has 1 aromatic carbocycles. The molecule has 1 saturated carbocycles. The van der Waals surface area contributed by atoms with Gasteiger partial charge in [0, 0.05) is 17.1 Å². The highest BCUT2D eigenvalue weighted by molar-refractivity contribution is 5.89. The number of nitrogens with one attached hydrogen (secondary N) is 1. The minimum atomic E-state index is -0.401. The molecule has 1 aliphatic rings. The number of esters is 1. The smallest absolute Gasteiger partial charge is 0.339 e. The average molecular weight is 408 g/mol. The van der Waals surface area contributed by atoms with E-state index in [-0.39, 0.29) is 12.0 Å². The summed E-state index contributed by atoms with van der Waals surface area (Å²) in [5.74, 6) is 3.03. The van der Waals surface area contributed by atoms with Gasteiger partial charge in [0.15, 0.2) is 0 Å². The van der Waals surface area contributed by atoms with Crippen LogP contribution >= 0.6 is 0 Å². The van der Waals surface area contributed by atoms with E-state index in [0.29, 0.717) is 17.3 Å². The van der Waals surface area contributed by atoms with Gasteiger partial charge in [0.2, 0.25) is 0 Å². The Kier molecular flexibility index (Phi) is 5.66. The van der Waals surface area contributed by atoms with Crippen LogP contribution in [0.1, 0.15) is 54.4 Å². The quantitative estimate of drug-likeness (QED) is 0.495. The third kappa shape index (κ3) is 4.27. The molecule has 1 fully saturated rings. The van der Waals surface area contributed by atoms with Crippen LogP contribution in [0.2, 0.25) is 0 Å². The van der Waals surface area contributed by atoms with E-state index in [9.17, 15) is 4.79 Å². The fraction of sp³-hybridized carbons (Fsp3) is 0.417. The Labute approximate surface area is 176 Å². The highest BCUT2D eigenvalue weighted by atomic mass is 16.5. The predicted molar refractivity (Wildman–Crippen MR) is 116 cm³/mol. The Morgan fingerprint density at radius 3 is 2.70 bits per heavy atom. The number of fused-ring (bicyclic) bond motifs is 1. The normalized spacial score (nSPS) is 14.7. The maximum absolute atomic E-state index is 11.6. The molecule has 2 aromatic heterocycles. The number of rotatable bonds is 8. The second-order valence-electron chi connectivity index (χ2n) is 8.29. The summed E-state index contributed by atoms with van der Waals surface area (Å²) in [5.41, 5.74) is 2.37. The number of aryl methyl sites for hydroxylation is 1. The van der Waals surface area contributed by atoms with Crippen LogP contribution in [0, 0.1) is 18.8 Å². The molecule has 0 bridgehead atoms. The number of methoxy groups -OCH3 is 1. The van der Waals surface area contributed by atoms with E-state index in [0.717, 1.165) is 34.6 Å². The molecule has 0 aliphatic heterocycles. The SMILES string of the molecule is COC(=O)c1ccc(NC(c2oc3ccc(OCC4CC4)cc3c2C)C(C)C)nc1. The molecule has 0 spiro atoms. The van der Waals surface area contributed by atoms with Gasteiger partial charge in [0.1, 0.15) is 22.9 Å². The number of furan rings is 1. The summed E-state index contributed by atoms with van der Waals surface area (Å²) in [6, 6.07) is 9.44. The van der Waals surface area contributed by atoms with Crippen molar-refractivity contribution in [1.82, 2.24) is 4.98 Å². The van der Waals surface area contributed by atoms with Crippen molar-refractivity contribution in [2.45, 2.75) is 39.7 Å². The summed E-state index contributed by atoms with van der Waals surface area (Å²) in [5, 5.41) is 4.52. The predicted octanol–water partition coefficient (Wildman–Crippen LogP) is 5.52. The van der Waals surface area contributed by atoms with Crippen LogP contribution in [-0.4, -0.2) is 24.7 Å². The standard InChI is InChI=1S/C24H28N2O4/c1-14(2)22(26-21-10-7-17(12-25-21)24(27)28-4)23-15(3)19-11-18(8-9-20(19)30-23)29-13-16-5-6-16/h7-12,14,16,22H,5-6,13H2,1-4H3,(H,25,26). The van der Waals surface area contributed by atoms with Crippen LogP contribution in [-0.2, 0) is 4.74 Å². The molecule has 4 rings (SSSR count). The summed E-state index contributed by atoms with van der Waals surface area (Å²) < 4.78 is 16.9. The van der Waals surface area contributed by atoms with Gasteiger partial charge in [-0.05, 0) is 61.9 Å². The second-order valence-corrected chi connectivity index (χ2v) is 8.29. The number of hydrogen-bond acceptors (Lipinski definition) is 6. The zero-order valence-electron chi connectivity index (χ0n) is 17.9. The van der Waals surface area contributed by atoms with E-state index in [4.69, 9.17) is 13.9 Å². The van der Waals surface area contributed by atoms with Gasteiger partial charge >= 0.3 is 5.97 Å². The first kappa shape index (κ1) is 20.3. The van der Waals surface area contributed by atoms with E-state index in [2.05, 4.69) is 37.1 Å². The number of hydrogen-bond donors (Lipinski definition) is 1. The lowest BCUT2D eigenvalue weighted by Crippen LogP contribution is -2.18. The maximum atomic E-state index is 11.6. The molecule has 158 valence electrons. The fourth-order valence-electron chi connectivity index (χ4n) is 3.52. The Hall–Kier alpha value is -3.02. The second kappa shape index (κ2) is 8.38. The third-order valence-corrected chi connectivity index (χ3v) is 5.56. The number of anilines is 1. The van der Waals surface area contributed by atoms with Crippen LogP contribution in [0.4, 0.5) is 5.82 Å². The largest absolute Gasteiger partial charge is 0.493 e. The summed E-state index contributed by atoms with van der Waals surface area (Å²) >= 11 is 0. The fourth-order valence-corrected chi connectivity index (χ4v) is 3.52. The van der Waals surface area contributed by atoms with E-state index in [1.807, 2.05) is 12.1 Å². The first-order valence-electron chi connectivity index (χ1n) is 10.4. The lowest BCUT2D eigenvalue weighted by Gasteiger charge is -2.22. The molecular formula is C24H28N2O4. The summed E-state index contributed by atoms with van der Waals surface area (Å²) in [4.78, 5) is 16.0. The van der Waals surface area contributed by atoms with Crippen molar-refractivity contribution in [1.29, 1.82) is 0 Å². The van der Waals surface area contributed by atoms with E-state index in [1.54, 1.807) is 12.1 Å². The van der Waals surface area contributed by atoms with Gasteiger partial charge in [-0.2, -0.15) is 0 Å². The number of nitrogens with zero attached hydrogens (tertiary/aromatic N) is 1. The Bertz CT molecular complexity index is 1040. The molecule has 0 amide bonds. The highest BCUT2D eigenvalue weighted by Gasteiger charge is 2.25. The van der Waals surface area contributed by atoms with Gasteiger partial charge in [-0.15, -0.1) is 0 Å². The molecule has 6 heteroatoms. The molecule has 6 nitrogen and oxygen atoms in total. The van der Waals surface area contributed by atoms with Gasteiger partial charge in [-0.3, -0.25) is 0 Å². The molecule has 3 aromatic rings. The number of carbonyl (C=O) groups excluding carboxylic acids is 1. The molecule has 1 aliphatic carbocycles. The van der Waals surface area contributed by atoms with Crippen molar-refractivity contribution in [2.24, 2.45) is 11.8 Å². The average Bonchev–Trinajstić information content (AvgIpc) is 3.53. The van der Waals surface area contributed by atoms with Crippen LogP contribution in [0.5, 0.6) is 5.75 Å². The van der Waals surface area contributed by atoms with Crippen molar-refractivity contribution in [3.63, 3.8) is 0 Å². The molecular weight excluding hydrogens is 380 g/mol. The van der Waals surface area contributed by atoms with Gasteiger partial charge in [0.05, 0.1) is 25.3 Å². The molecule has 30 heavy (non-hydrogen) atoms. The Balaban J connectivity index is 1.58. The van der Waals surface area contributed by atoms with E-state index in [1.165, 1.54) is 26.1 Å². The lowest BCUT2D eigenvalue weighted by molar-refractivity contribution is 0.0600. The molecule has 1 N–H and O–H groups in total. The number of carbonyl (C=O) groups is 1. The van der Waals surface area contributed by atoms with Crippen molar-refractivity contribution in [3.8, 4) is 5.75 Å². The highest BCUT2D eigenvalue weighted by Crippen LogP contribution is 2.37. The third-order valence-electron chi connectivity index (χ3n) is 5.56.